The molecule has 0 fully saturated rings. The van der Waals surface area contributed by atoms with Crippen LogP contribution in [0, 0.1) is 0 Å². The van der Waals surface area contributed by atoms with E-state index in [1.165, 1.54) is 10.4 Å². The van der Waals surface area contributed by atoms with E-state index in [1.54, 1.807) is 35.6 Å². The smallest absolute Gasteiger partial charge is 0.251 e. The maximum absolute atomic E-state index is 12.3. The number of hydrogen-bond donors (Lipinski definition) is 2. The van der Waals surface area contributed by atoms with Crippen LogP contribution in [0.2, 0.25) is 0 Å². The van der Waals surface area contributed by atoms with Crippen molar-refractivity contribution < 1.29 is 13.6 Å². The lowest BCUT2D eigenvalue weighted by Crippen LogP contribution is -2.44. The third-order valence-corrected chi connectivity index (χ3v) is 6.27. The lowest BCUT2D eigenvalue weighted by Gasteiger charge is -2.38. The molecule has 1 aliphatic heterocycles. The number of fused-ring (bicyclic) bond motifs is 1. The number of carbonyl (C=O) groups is 1. The van der Waals surface area contributed by atoms with Crippen LogP contribution in [0.5, 0.6) is 0 Å². The van der Waals surface area contributed by atoms with Gasteiger partial charge in [-0.3, -0.25) is 13.9 Å². The van der Waals surface area contributed by atoms with Crippen molar-refractivity contribution in [3.63, 3.8) is 0 Å². The van der Waals surface area contributed by atoms with Gasteiger partial charge >= 0.3 is 0 Å². The molecule has 2 heterocycles. The molecule has 1 aliphatic rings. The van der Waals surface area contributed by atoms with Crippen molar-refractivity contribution in [1.29, 1.82) is 0 Å². The predicted molar refractivity (Wildman–Crippen MR) is 104 cm³/mol. The van der Waals surface area contributed by atoms with Gasteiger partial charge in [-0.25, -0.2) is 0 Å². The molecule has 3 rings (SSSR count). The zero-order valence-corrected chi connectivity index (χ0v) is 16.4. The number of rotatable bonds is 6. The highest BCUT2D eigenvalue weighted by Gasteiger charge is 2.29. The van der Waals surface area contributed by atoms with Crippen molar-refractivity contribution in [3.05, 3.63) is 51.7 Å². The fourth-order valence-electron chi connectivity index (χ4n) is 3.45. The summed E-state index contributed by atoms with van der Waals surface area (Å²) in [6.45, 7) is 5.81. The summed E-state index contributed by atoms with van der Waals surface area (Å²) >= 11 is -0.564. The van der Waals surface area contributed by atoms with Crippen molar-refractivity contribution in [2.45, 2.75) is 32.4 Å². The van der Waals surface area contributed by atoms with Crippen LogP contribution < -0.4 is 10.0 Å². The Morgan fingerprint density at radius 3 is 2.73 bits per heavy atom. The van der Waals surface area contributed by atoms with Crippen LogP contribution >= 0.6 is 11.3 Å². The van der Waals surface area contributed by atoms with E-state index in [4.69, 9.17) is 0 Å². The second kappa shape index (κ2) is 8.30. The molecule has 1 amide bonds. The summed E-state index contributed by atoms with van der Waals surface area (Å²) in [5.41, 5.74) is 2.38. The molecule has 3 unspecified atom stereocenters. The molecule has 0 saturated heterocycles. The van der Waals surface area contributed by atoms with Crippen LogP contribution in [0.3, 0.4) is 0 Å². The normalized spacial score (nSPS) is 21.0. The summed E-state index contributed by atoms with van der Waals surface area (Å²) in [6.07, 6.45) is 1.05. The Hall–Kier alpha value is -1.74. The number of benzene rings is 1. The first-order valence-corrected chi connectivity index (χ1v) is 10.5. The molecule has 1 aromatic heterocycles. The van der Waals surface area contributed by atoms with E-state index in [2.05, 4.69) is 40.2 Å². The molecule has 0 radical (unpaired) electrons. The summed E-state index contributed by atoms with van der Waals surface area (Å²) in [7, 11) is 0. The van der Waals surface area contributed by atoms with Crippen LogP contribution in [-0.2, 0) is 17.7 Å². The standard InChI is InChI=1S/C18H23N3O3S2/c1-12-11-15-7-10-25-17(15)13(2)21(12)9-8-19-18(22)14-3-5-16(6-4-14)20-26(23)24/h3-7,10,12-13,20H,8-9,11H2,1-2H3,(H,19,22)(H,23,24)/p-1. The zero-order valence-electron chi connectivity index (χ0n) is 14.7. The van der Waals surface area contributed by atoms with Gasteiger partial charge in [0.15, 0.2) is 0 Å². The molecular weight excluding hydrogens is 370 g/mol. The number of nitrogens with zero attached hydrogens (tertiary/aromatic N) is 1. The molecule has 1 aromatic carbocycles. The summed E-state index contributed by atoms with van der Waals surface area (Å²) in [4.78, 5) is 16.1. The van der Waals surface area contributed by atoms with Gasteiger partial charge in [0.05, 0.1) is 0 Å². The minimum atomic E-state index is -2.37. The predicted octanol–water partition coefficient (Wildman–Crippen LogP) is 2.69. The topological polar surface area (TPSA) is 84.5 Å². The van der Waals surface area contributed by atoms with Gasteiger partial charge in [-0.2, -0.15) is 0 Å². The molecule has 6 nitrogen and oxygen atoms in total. The van der Waals surface area contributed by atoms with Crippen LogP contribution in [-0.4, -0.2) is 38.7 Å². The van der Waals surface area contributed by atoms with E-state index in [-0.39, 0.29) is 5.91 Å². The molecule has 0 bridgehead atoms. The molecular formula is C18H22N3O3S2-. The van der Waals surface area contributed by atoms with E-state index >= 15 is 0 Å². The van der Waals surface area contributed by atoms with E-state index < -0.39 is 11.3 Å². The number of thiophene rings is 1. The number of amides is 1. The van der Waals surface area contributed by atoms with E-state index in [9.17, 15) is 13.6 Å². The first-order valence-electron chi connectivity index (χ1n) is 8.52. The van der Waals surface area contributed by atoms with Crippen molar-refractivity contribution in [2.24, 2.45) is 0 Å². The average Bonchev–Trinajstić information content (AvgIpc) is 3.06. The Labute approximate surface area is 160 Å². The molecule has 0 saturated carbocycles. The first-order chi connectivity index (χ1) is 12.5. The van der Waals surface area contributed by atoms with Gasteiger partial charge in [0.2, 0.25) is 0 Å². The van der Waals surface area contributed by atoms with E-state index in [0.717, 1.165) is 13.0 Å². The fraction of sp³-hybridized carbons (Fsp3) is 0.389. The SMILES string of the molecule is CC1Cc2ccsc2C(C)N1CCNC(=O)c1ccc(NS(=O)[O-])cc1. The monoisotopic (exact) mass is 392 g/mol. The quantitative estimate of drug-likeness (QED) is 0.740. The molecule has 140 valence electrons. The third-order valence-electron chi connectivity index (χ3n) is 4.74. The summed E-state index contributed by atoms with van der Waals surface area (Å²) < 4.78 is 23.4. The van der Waals surface area contributed by atoms with Gasteiger partial charge in [-0.15, -0.1) is 11.3 Å². The Kier molecular flexibility index (Phi) is 6.08. The van der Waals surface area contributed by atoms with Gasteiger partial charge in [-0.1, -0.05) is 0 Å². The minimum absolute atomic E-state index is 0.158. The second-order valence-electron chi connectivity index (χ2n) is 6.45. The fourth-order valence-corrected chi connectivity index (χ4v) is 4.79. The zero-order chi connectivity index (χ0) is 18.7. The Bertz CT molecular complexity index is 791. The molecule has 8 heteroatoms. The molecule has 2 aromatic rings. The van der Waals surface area contributed by atoms with Gasteiger partial charge in [0, 0.05) is 52.6 Å². The highest BCUT2D eigenvalue weighted by Crippen LogP contribution is 2.35. The maximum atomic E-state index is 12.3. The van der Waals surface area contributed by atoms with E-state index in [0.29, 0.717) is 29.9 Å². The first kappa shape index (κ1) is 19.0. The van der Waals surface area contributed by atoms with Crippen molar-refractivity contribution in [3.8, 4) is 0 Å². The second-order valence-corrected chi connectivity index (χ2v) is 8.07. The van der Waals surface area contributed by atoms with Crippen molar-refractivity contribution in [2.75, 3.05) is 17.8 Å². The van der Waals surface area contributed by atoms with Crippen LogP contribution in [0.1, 0.15) is 40.7 Å². The lowest BCUT2D eigenvalue weighted by molar-refractivity contribution is 0.0930. The summed E-state index contributed by atoms with van der Waals surface area (Å²) in [5.74, 6) is -0.158. The summed E-state index contributed by atoms with van der Waals surface area (Å²) in [5, 5.41) is 5.10. The molecule has 26 heavy (non-hydrogen) atoms. The molecule has 3 atom stereocenters. The Morgan fingerprint density at radius 1 is 1.31 bits per heavy atom. The van der Waals surface area contributed by atoms with Gasteiger partial charge in [0.25, 0.3) is 5.91 Å². The van der Waals surface area contributed by atoms with E-state index in [1.807, 2.05) is 0 Å². The van der Waals surface area contributed by atoms with Crippen LogP contribution in [0.15, 0.2) is 35.7 Å². The lowest BCUT2D eigenvalue weighted by atomic mass is 9.97. The highest BCUT2D eigenvalue weighted by atomic mass is 32.2. The molecule has 2 N–H and O–H groups in total. The number of nitrogens with one attached hydrogen (secondary N) is 2. The number of anilines is 1. The van der Waals surface area contributed by atoms with Crippen LogP contribution in [0.25, 0.3) is 0 Å². The number of carbonyl (C=O) groups excluding carboxylic acids is 1. The third kappa shape index (κ3) is 4.32. The van der Waals surface area contributed by atoms with Crippen LogP contribution in [0.4, 0.5) is 5.69 Å². The van der Waals surface area contributed by atoms with Crippen molar-refractivity contribution >= 4 is 34.2 Å². The largest absolute Gasteiger partial charge is 0.755 e. The molecule has 0 spiro atoms. The highest BCUT2D eigenvalue weighted by molar-refractivity contribution is 7.80. The van der Waals surface area contributed by atoms with Crippen molar-refractivity contribution in [1.82, 2.24) is 10.2 Å². The maximum Gasteiger partial charge on any atom is 0.251 e. The Balaban J connectivity index is 1.53. The van der Waals surface area contributed by atoms with Gasteiger partial charge < -0.3 is 14.6 Å². The van der Waals surface area contributed by atoms with Gasteiger partial charge in [-0.05, 0) is 61.5 Å². The van der Waals surface area contributed by atoms with Gasteiger partial charge in [0.1, 0.15) is 0 Å². The molecule has 0 aliphatic carbocycles. The Morgan fingerprint density at radius 2 is 2.04 bits per heavy atom. The minimum Gasteiger partial charge on any atom is -0.755 e. The summed E-state index contributed by atoms with van der Waals surface area (Å²) in [6, 6.07) is 9.37. The number of hydrogen-bond acceptors (Lipinski definition) is 5. The average molecular weight is 393 g/mol.